The van der Waals surface area contributed by atoms with Crippen molar-refractivity contribution in [2.45, 2.75) is 215 Å². The summed E-state index contributed by atoms with van der Waals surface area (Å²) < 4.78 is 0. The molecule has 0 unspecified atom stereocenters. The van der Waals surface area contributed by atoms with Crippen LogP contribution in [0.3, 0.4) is 0 Å². The molecule has 2 heteroatoms. The molecular weight excluding hydrogens is 563 g/mol. The van der Waals surface area contributed by atoms with Crippen LogP contribution in [0.1, 0.15) is 194 Å². The van der Waals surface area contributed by atoms with Crippen LogP contribution in [0, 0.1) is 0 Å². The summed E-state index contributed by atoms with van der Waals surface area (Å²) in [6.45, 7) is 4.62. The van der Waals surface area contributed by atoms with Gasteiger partial charge in [0.2, 0.25) is 0 Å². The summed E-state index contributed by atoms with van der Waals surface area (Å²) in [4.78, 5) is 0. The van der Waals surface area contributed by atoms with E-state index in [1.54, 1.807) is 10.4 Å². The quantitative estimate of drug-likeness (QED) is 0.0544. The molecule has 0 bridgehead atoms. The Bertz CT molecular complexity index is 347. The molecular formula is C34H72AsBr. The van der Waals surface area contributed by atoms with Crippen molar-refractivity contribution in [1.82, 2.24) is 0 Å². The summed E-state index contributed by atoms with van der Waals surface area (Å²) in [5, 5.41) is 3.24. The predicted octanol–water partition coefficient (Wildman–Crippen LogP) is 10.7. The monoisotopic (exact) mass is 634 g/mol. The van der Waals surface area contributed by atoms with Crippen LogP contribution in [-0.4, -0.2) is 13.6 Å². The minimum Gasteiger partial charge on any atom is -1.00 e. The van der Waals surface area contributed by atoms with E-state index in [4.69, 9.17) is 0 Å². The Balaban J connectivity index is 0. The summed E-state index contributed by atoms with van der Waals surface area (Å²) in [5.74, 6) is 0. The van der Waals surface area contributed by atoms with Crippen molar-refractivity contribution in [3.63, 3.8) is 0 Å². The van der Waals surface area contributed by atoms with Crippen LogP contribution >= 0.6 is 0 Å². The van der Waals surface area contributed by atoms with Gasteiger partial charge in [-0.3, -0.25) is 0 Å². The van der Waals surface area contributed by atoms with Gasteiger partial charge in [-0.1, -0.05) is 52.4 Å². The molecule has 0 aliphatic rings. The van der Waals surface area contributed by atoms with Crippen LogP contribution in [0.5, 0.6) is 0 Å². The first kappa shape index (κ1) is 39.2. The van der Waals surface area contributed by atoms with E-state index in [0.717, 1.165) is 0 Å². The third-order valence-electron chi connectivity index (χ3n) is 8.23. The fourth-order valence-corrected chi connectivity index (χ4v) is 10.6. The van der Waals surface area contributed by atoms with Crippen molar-refractivity contribution in [2.75, 3.05) is 0 Å². The average Bonchev–Trinajstić information content (AvgIpc) is 2.84. The van der Waals surface area contributed by atoms with Crippen LogP contribution in [-0.2, 0) is 0 Å². The molecule has 0 fully saturated rings. The van der Waals surface area contributed by atoms with Gasteiger partial charge in [-0.25, -0.2) is 0 Å². The van der Waals surface area contributed by atoms with E-state index in [9.17, 15) is 0 Å². The zero-order chi connectivity index (χ0) is 25.7. The predicted molar refractivity (Wildman–Crippen MR) is 168 cm³/mol. The van der Waals surface area contributed by atoms with Gasteiger partial charge in [0.15, 0.2) is 0 Å². The second-order valence-corrected chi connectivity index (χ2v) is 22.6. The molecule has 0 atom stereocenters. The molecule has 0 aliphatic carbocycles. The number of hydrogen-bond acceptors (Lipinski definition) is 0. The Hall–Kier alpha value is 1.04. The molecule has 0 rings (SSSR count). The molecule has 36 heavy (non-hydrogen) atoms. The second kappa shape index (κ2) is 32.3. The Morgan fingerprint density at radius 3 is 0.639 bits per heavy atom. The van der Waals surface area contributed by atoms with Gasteiger partial charge in [-0.2, -0.15) is 0 Å². The molecule has 0 amide bonds. The first-order valence-corrected chi connectivity index (χ1v) is 23.3. The Labute approximate surface area is 244 Å². The Morgan fingerprint density at radius 1 is 0.278 bits per heavy atom. The maximum atomic E-state index is 2.70. The molecule has 0 aliphatic heterocycles. The van der Waals surface area contributed by atoms with Crippen LogP contribution in [0.4, 0.5) is 0 Å². The van der Waals surface area contributed by atoms with Gasteiger partial charge in [0.25, 0.3) is 0 Å². The average molecular weight is 636 g/mol. The zero-order valence-corrected chi connectivity index (χ0v) is 29.5. The molecule has 0 saturated carbocycles. The van der Waals surface area contributed by atoms with E-state index in [-0.39, 0.29) is 17.0 Å². The molecule has 0 radical (unpaired) electrons. The molecule has 0 aromatic carbocycles. The van der Waals surface area contributed by atoms with Crippen LogP contribution < -0.4 is 17.0 Å². The number of rotatable bonds is 30. The van der Waals surface area contributed by atoms with E-state index in [1.807, 2.05) is 0 Å². The van der Waals surface area contributed by atoms with E-state index in [2.05, 4.69) is 25.3 Å². The van der Waals surface area contributed by atoms with Crippen LogP contribution in [0.25, 0.3) is 0 Å². The summed E-state index contributed by atoms with van der Waals surface area (Å²) >= 11 is -1.26. The first-order valence-electron chi connectivity index (χ1n) is 16.9. The van der Waals surface area contributed by atoms with Crippen molar-refractivity contribution in [3.05, 3.63) is 0 Å². The SMILES string of the molecule is CCCCCCCCCCCCCCCC[As+](C)(C)CCCCCCCCCCCCCCCC.[Br-]. The van der Waals surface area contributed by atoms with E-state index in [1.165, 1.54) is 180 Å². The topological polar surface area (TPSA) is 0 Å². The van der Waals surface area contributed by atoms with Gasteiger partial charge < -0.3 is 17.0 Å². The van der Waals surface area contributed by atoms with Gasteiger partial charge in [-0.15, -0.1) is 0 Å². The van der Waals surface area contributed by atoms with E-state index in [0.29, 0.717) is 0 Å². The molecule has 0 saturated heterocycles. The summed E-state index contributed by atoms with van der Waals surface area (Å²) in [6.07, 6.45) is 41.6. The van der Waals surface area contributed by atoms with Gasteiger partial charge in [0, 0.05) is 0 Å². The number of unbranched alkanes of at least 4 members (excludes halogenated alkanes) is 26. The fraction of sp³-hybridized carbons (Fsp3) is 1.00. The summed E-state index contributed by atoms with van der Waals surface area (Å²) in [5.41, 5.74) is 5.39. The normalized spacial score (nSPS) is 11.7. The standard InChI is InChI=1S/C34H72As.BrH/c1-5-7-9-11-13-15-17-19-21-23-25-27-29-31-33-35(3,4)34-32-30-28-26-24-22-20-18-16-14-12-10-8-6-2;/h5-34H2,1-4H3;1H/q+1;/p-1. The van der Waals surface area contributed by atoms with E-state index < -0.39 is 13.6 Å². The van der Waals surface area contributed by atoms with E-state index >= 15 is 0 Å². The fourth-order valence-electron chi connectivity index (χ4n) is 5.58. The molecule has 0 nitrogen and oxygen atoms in total. The molecule has 0 heterocycles. The first-order chi connectivity index (χ1) is 17.1. The summed E-state index contributed by atoms with van der Waals surface area (Å²) in [7, 11) is 0. The molecule has 220 valence electrons. The minimum absolute atomic E-state index is 0. The summed E-state index contributed by atoms with van der Waals surface area (Å²) in [6, 6.07) is 0. The Morgan fingerprint density at radius 2 is 0.444 bits per heavy atom. The third-order valence-corrected chi connectivity index (χ3v) is 14.6. The number of hydrogen-bond donors (Lipinski definition) is 0. The van der Waals surface area contributed by atoms with Gasteiger partial charge in [0.1, 0.15) is 0 Å². The van der Waals surface area contributed by atoms with Crippen molar-refractivity contribution < 1.29 is 17.0 Å². The molecule has 0 spiro atoms. The van der Waals surface area contributed by atoms with Crippen LogP contribution in [0.2, 0.25) is 21.8 Å². The molecule has 0 N–H and O–H groups in total. The van der Waals surface area contributed by atoms with Crippen molar-refractivity contribution in [3.8, 4) is 0 Å². The van der Waals surface area contributed by atoms with Crippen LogP contribution in [0.15, 0.2) is 0 Å². The smallest absolute Gasteiger partial charge is 1.00 e. The van der Waals surface area contributed by atoms with Crippen molar-refractivity contribution in [2.24, 2.45) is 0 Å². The van der Waals surface area contributed by atoms with Gasteiger partial charge in [-0.05, 0) is 0 Å². The van der Waals surface area contributed by atoms with Crippen molar-refractivity contribution in [1.29, 1.82) is 0 Å². The zero-order valence-electron chi connectivity index (χ0n) is 26.0. The van der Waals surface area contributed by atoms with Gasteiger partial charge >= 0.3 is 177 Å². The minimum atomic E-state index is -1.26. The van der Waals surface area contributed by atoms with Gasteiger partial charge in [0.05, 0.1) is 0 Å². The molecule has 0 aromatic rings. The number of halogens is 1. The second-order valence-electron chi connectivity index (χ2n) is 12.6. The third kappa shape index (κ3) is 33.1. The van der Waals surface area contributed by atoms with Crippen molar-refractivity contribution >= 4 is 13.6 Å². The molecule has 0 aromatic heterocycles. The Kier molecular flexibility index (Phi) is 35.1. The maximum absolute atomic E-state index is 2.70.